The standard InChI is InChI=1S/C13H18N2O5S/c1-2-14(10-5-3-4-6-10)21(19,20)11-7-8-13(16)12(9-11)15(17)18/h7-10,16H,2-6H2,1H3. The van der Waals surface area contributed by atoms with Crippen molar-refractivity contribution in [3.8, 4) is 5.75 Å². The second kappa shape index (κ2) is 5.98. The highest BCUT2D eigenvalue weighted by molar-refractivity contribution is 7.89. The molecule has 0 radical (unpaired) electrons. The zero-order chi connectivity index (χ0) is 15.6. The van der Waals surface area contributed by atoms with Crippen molar-refractivity contribution in [1.82, 2.24) is 4.31 Å². The maximum absolute atomic E-state index is 12.7. The molecule has 0 bridgehead atoms. The van der Waals surface area contributed by atoms with E-state index in [4.69, 9.17) is 0 Å². The lowest BCUT2D eigenvalue weighted by molar-refractivity contribution is -0.386. The van der Waals surface area contributed by atoms with Crippen LogP contribution in [0.1, 0.15) is 32.6 Å². The summed E-state index contributed by atoms with van der Waals surface area (Å²) in [6, 6.07) is 3.12. The van der Waals surface area contributed by atoms with Crippen LogP contribution in [0.15, 0.2) is 23.1 Å². The third kappa shape index (κ3) is 3.01. The quantitative estimate of drug-likeness (QED) is 0.663. The molecule has 1 fully saturated rings. The fourth-order valence-corrected chi connectivity index (χ4v) is 4.48. The summed E-state index contributed by atoms with van der Waals surface area (Å²) in [4.78, 5) is 9.89. The molecule has 0 aliphatic heterocycles. The Labute approximate surface area is 123 Å². The molecule has 1 N–H and O–H groups in total. The van der Waals surface area contributed by atoms with Crippen molar-refractivity contribution in [3.05, 3.63) is 28.3 Å². The second-order valence-electron chi connectivity index (χ2n) is 5.05. The van der Waals surface area contributed by atoms with Crippen LogP contribution in [0, 0.1) is 10.1 Å². The molecule has 1 aliphatic carbocycles. The summed E-state index contributed by atoms with van der Waals surface area (Å²) in [6.07, 6.45) is 3.61. The van der Waals surface area contributed by atoms with Gasteiger partial charge in [-0.15, -0.1) is 0 Å². The van der Waals surface area contributed by atoms with Crippen LogP contribution >= 0.6 is 0 Å². The lowest BCUT2D eigenvalue weighted by Crippen LogP contribution is -2.38. The van der Waals surface area contributed by atoms with Gasteiger partial charge in [-0.3, -0.25) is 10.1 Å². The number of aromatic hydroxyl groups is 1. The average molecular weight is 314 g/mol. The minimum atomic E-state index is -3.79. The number of phenols is 1. The summed E-state index contributed by atoms with van der Waals surface area (Å²) in [5.41, 5.74) is -0.599. The van der Waals surface area contributed by atoms with Gasteiger partial charge in [0, 0.05) is 18.7 Å². The smallest absolute Gasteiger partial charge is 0.312 e. The number of phenolic OH excluding ortho intramolecular Hbond substituents is 1. The molecule has 1 saturated carbocycles. The van der Waals surface area contributed by atoms with E-state index in [0.717, 1.165) is 37.8 Å². The van der Waals surface area contributed by atoms with Crippen LogP contribution in [0.3, 0.4) is 0 Å². The first-order chi connectivity index (χ1) is 9.87. The molecule has 0 heterocycles. The number of nitro groups is 1. The Balaban J connectivity index is 2.42. The number of rotatable bonds is 5. The van der Waals surface area contributed by atoms with Crippen molar-refractivity contribution in [1.29, 1.82) is 0 Å². The van der Waals surface area contributed by atoms with E-state index in [-0.39, 0.29) is 10.9 Å². The zero-order valence-corrected chi connectivity index (χ0v) is 12.5. The lowest BCUT2D eigenvalue weighted by atomic mass is 10.2. The minimum absolute atomic E-state index is 0.0483. The fourth-order valence-electron chi connectivity index (χ4n) is 2.76. The van der Waals surface area contributed by atoms with Crippen molar-refractivity contribution in [2.75, 3.05) is 6.54 Å². The van der Waals surface area contributed by atoms with E-state index in [9.17, 15) is 23.6 Å². The summed E-state index contributed by atoms with van der Waals surface area (Å²) in [5, 5.41) is 20.3. The van der Waals surface area contributed by atoms with Gasteiger partial charge in [0.1, 0.15) is 0 Å². The number of hydrogen-bond donors (Lipinski definition) is 1. The molecule has 1 aliphatic rings. The van der Waals surface area contributed by atoms with Gasteiger partial charge < -0.3 is 5.11 Å². The molecule has 0 amide bonds. The van der Waals surface area contributed by atoms with Crippen LogP contribution in [-0.2, 0) is 10.0 Å². The maximum Gasteiger partial charge on any atom is 0.312 e. The summed E-state index contributed by atoms with van der Waals surface area (Å²) < 4.78 is 26.7. The summed E-state index contributed by atoms with van der Waals surface area (Å²) in [7, 11) is -3.79. The zero-order valence-electron chi connectivity index (χ0n) is 11.7. The first kappa shape index (κ1) is 15.7. The third-order valence-electron chi connectivity index (χ3n) is 3.79. The van der Waals surface area contributed by atoms with Gasteiger partial charge in [0.25, 0.3) is 0 Å². The number of sulfonamides is 1. The third-order valence-corrected chi connectivity index (χ3v) is 5.82. The van der Waals surface area contributed by atoms with Gasteiger partial charge in [0.05, 0.1) is 9.82 Å². The summed E-state index contributed by atoms with van der Waals surface area (Å²) >= 11 is 0. The van der Waals surface area contributed by atoms with Crippen molar-refractivity contribution in [2.24, 2.45) is 0 Å². The van der Waals surface area contributed by atoms with E-state index in [0.29, 0.717) is 6.54 Å². The topological polar surface area (TPSA) is 101 Å². The van der Waals surface area contributed by atoms with Crippen LogP contribution < -0.4 is 0 Å². The predicted octanol–water partition coefficient (Wildman–Crippen LogP) is 2.25. The van der Waals surface area contributed by atoms with Gasteiger partial charge in [-0.25, -0.2) is 8.42 Å². The van der Waals surface area contributed by atoms with Gasteiger partial charge in [-0.05, 0) is 25.0 Å². The van der Waals surface area contributed by atoms with E-state index in [1.54, 1.807) is 6.92 Å². The molecule has 8 heteroatoms. The van der Waals surface area contributed by atoms with Gasteiger partial charge in [0.15, 0.2) is 5.75 Å². The van der Waals surface area contributed by atoms with Crippen molar-refractivity contribution < 1.29 is 18.4 Å². The Kier molecular flexibility index (Phi) is 4.48. The Morgan fingerprint density at radius 2 is 2.00 bits per heavy atom. The van der Waals surface area contributed by atoms with Crippen LogP contribution in [0.2, 0.25) is 0 Å². The van der Waals surface area contributed by atoms with E-state index in [2.05, 4.69) is 0 Å². The number of nitro benzene ring substituents is 1. The molecule has 1 aromatic rings. The Morgan fingerprint density at radius 1 is 1.38 bits per heavy atom. The predicted molar refractivity (Wildman–Crippen MR) is 76.6 cm³/mol. The molecule has 0 unspecified atom stereocenters. The van der Waals surface area contributed by atoms with Gasteiger partial charge in [0.2, 0.25) is 10.0 Å². The molecule has 0 aromatic heterocycles. The van der Waals surface area contributed by atoms with E-state index >= 15 is 0 Å². The molecule has 21 heavy (non-hydrogen) atoms. The summed E-state index contributed by atoms with van der Waals surface area (Å²) in [6.45, 7) is 2.08. The molecular weight excluding hydrogens is 296 g/mol. The molecular formula is C13H18N2O5S. The molecule has 7 nitrogen and oxygen atoms in total. The van der Waals surface area contributed by atoms with E-state index in [1.165, 1.54) is 10.4 Å². The molecule has 0 saturated heterocycles. The van der Waals surface area contributed by atoms with Crippen LogP contribution in [0.25, 0.3) is 0 Å². The molecule has 0 atom stereocenters. The highest BCUT2D eigenvalue weighted by atomic mass is 32.2. The Hall–Kier alpha value is -1.67. The number of hydrogen-bond acceptors (Lipinski definition) is 5. The van der Waals surface area contributed by atoms with E-state index in [1.807, 2.05) is 0 Å². The maximum atomic E-state index is 12.7. The first-order valence-corrected chi connectivity index (χ1v) is 8.31. The van der Waals surface area contributed by atoms with Gasteiger partial charge in [-0.1, -0.05) is 19.8 Å². The van der Waals surface area contributed by atoms with Crippen molar-refractivity contribution in [2.45, 2.75) is 43.5 Å². The molecule has 0 spiro atoms. The number of benzene rings is 1. The van der Waals surface area contributed by atoms with E-state index < -0.39 is 26.4 Å². The normalized spacial score (nSPS) is 16.5. The van der Waals surface area contributed by atoms with Gasteiger partial charge in [-0.2, -0.15) is 4.31 Å². The molecule has 2 rings (SSSR count). The van der Waals surface area contributed by atoms with Gasteiger partial charge >= 0.3 is 5.69 Å². The largest absolute Gasteiger partial charge is 0.502 e. The van der Waals surface area contributed by atoms with Crippen LogP contribution in [0.4, 0.5) is 5.69 Å². The minimum Gasteiger partial charge on any atom is -0.502 e. The fraction of sp³-hybridized carbons (Fsp3) is 0.538. The molecule has 116 valence electrons. The Bertz CT molecular complexity index is 638. The van der Waals surface area contributed by atoms with Crippen molar-refractivity contribution in [3.63, 3.8) is 0 Å². The number of nitrogens with zero attached hydrogens (tertiary/aromatic N) is 2. The highest BCUT2D eigenvalue weighted by Gasteiger charge is 2.33. The SMILES string of the molecule is CCN(C1CCCC1)S(=O)(=O)c1ccc(O)c([N+](=O)[O-])c1. The summed E-state index contributed by atoms with van der Waals surface area (Å²) in [5.74, 6) is -0.539. The highest BCUT2D eigenvalue weighted by Crippen LogP contribution is 2.32. The average Bonchev–Trinajstić information content (AvgIpc) is 2.93. The molecule has 1 aromatic carbocycles. The van der Waals surface area contributed by atoms with Crippen molar-refractivity contribution >= 4 is 15.7 Å². The Morgan fingerprint density at radius 3 is 2.52 bits per heavy atom. The first-order valence-electron chi connectivity index (χ1n) is 6.87. The monoisotopic (exact) mass is 314 g/mol. The lowest BCUT2D eigenvalue weighted by Gasteiger charge is -2.26. The van der Waals surface area contributed by atoms with Crippen LogP contribution in [0.5, 0.6) is 5.75 Å². The van der Waals surface area contributed by atoms with Crippen LogP contribution in [-0.4, -0.2) is 35.3 Å². The second-order valence-corrected chi connectivity index (χ2v) is 6.94.